The molecule has 0 unspecified atom stereocenters. The van der Waals surface area contributed by atoms with E-state index >= 15 is 0 Å². The van der Waals surface area contributed by atoms with Gasteiger partial charge >= 0.3 is 12.0 Å². The fourth-order valence-electron chi connectivity index (χ4n) is 4.00. The minimum Gasteiger partial charge on any atom is -0.476 e. The minimum absolute atomic E-state index is 0.156. The Bertz CT molecular complexity index is 1480. The van der Waals surface area contributed by atoms with Crippen LogP contribution in [0.25, 0.3) is 22.7 Å². The zero-order chi connectivity index (χ0) is 25.9. The molecule has 0 radical (unpaired) electrons. The Balaban J connectivity index is 1.45. The number of anilines is 2. The number of hydrogen-bond acceptors (Lipinski definition) is 7. The number of thiazole rings is 2. The van der Waals surface area contributed by atoms with Crippen LogP contribution in [-0.4, -0.2) is 33.6 Å². The highest BCUT2D eigenvalue weighted by Crippen LogP contribution is 2.39. The number of ether oxygens (including phenoxy) is 1. The van der Waals surface area contributed by atoms with Crippen LogP contribution in [0, 0.1) is 0 Å². The Morgan fingerprint density at radius 1 is 1.08 bits per heavy atom. The fourth-order valence-corrected chi connectivity index (χ4v) is 5.73. The lowest BCUT2D eigenvalue weighted by Crippen LogP contribution is -2.38. The fraction of sp³-hybridized carbons (Fsp3) is 0.111. The second kappa shape index (κ2) is 10.4. The average Bonchev–Trinajstić information content (AvgIpc) is 3.52. The molecule has 0 saturated heterocycles. The number of carboxylic acids is 1. The monoisotopic (exact) mass is 530 g/mol. The summed E-state index contributed by atoms with van der Waals surface area (Å²) in [5.74, 6) is -0.650. The van der Waals surface area contributed by atoms with Crippen molar-refractivity contribution in [2.45, 2.75) is 12.8 Å². The van der Waals surface area contributed by atoms with Crippen molar-refractivity contribution >= 4 is 57.6 Å². The van der Waals surface area contributed by atoms with Crippen LogP contribution in [0.1, 0.15) is 33.0 Å². The van der Waals surface area contributed by atoms with E-state index in [1.165, 1.54) is 11.3 Å². The number of amides is 2. The molecule has 0 spiro atoms. The van der Waals surface area contributed by atoms with Gasteiger partial charge in [0.05, 0.1) is 10.6 Å². The van der Waals surface area contributed by atoms with Crippen LogP contribution in [-0.2, 0) is 6.42 Å². The Morgan fingerprint density at radius 3 is 2.59 bits per heavy atom. The van der Waals surface area contributed by atoms with Crippen molar-refractivity contribution in [1.29, 1.82) is 0 Å². The number of rotatable bonds is 7. The smallest absolute Gasteiger partial charge is 0.359 e. The van der Waals surface area contributed by atoms with Gasteiger partial charge in [0.2, 0.25) is 10.8 Å². The van der Waals surface area contributed by atoms with Gasteiger partial charge in [-0.05, 0) is 48.8 Å². The van der Waals surface area contributed by atoms with E-state index in [0.29, 0.717) is 33.7 Å². The summed E-state index contributed by atoms with van der Waals surface area (Å²) >= 11 is 2.48. The summed E-state index contributed by atoms with van der Waals surface area (Å²) in [6, 6.07) is 14.4. The van der Waals surface area contributed by atoms with Crippen LogP contribution in [0.4, 0.5) is 15.6 Å². The first-order chi connectivity index (χ1) is 18.0. The summed E-state index contributed by atoms with van der Waals surface area (Å²) in [6.07, 6.45) is 4.96. The molecule has 37 heavy (non-hydrogen) atoms. The molecule has 0 fully saturated rings. The van der Waals surface area contributed by atoms with Gasteiger partial charge in [-0.2, -0.15) is 0 Å². The van der Waals surface area contributed by atoms with E-state index in [9.17, 15) is 14.7 Å². The van der Waals surface area contributed by atoms with Crippen molar-refractivity contribution in [3.63, 3.8) is 0 Å². The Hall–Kier alpha value is -4.28. The summed E-state index contributed by atoms with van der Waals surface area (Å²) in [5, 5.41) is 13.7. The molecule has 1 aliphatic heterocycles. The van der Waals surface area contributed by atoms with E-state index in [1.807, 2.05) is 36.4 Å². The number of aromatic nitrogens is 2. The SMILES string of the molecule is C=Cc1nc(NC(=O)N2CCCc3ccc(-c4nc(C(=O)O)c(Oc5ccccc5)s4)cc32)sc1C=C. The molecule has 5 rings (SSSR count). The molecule has 8 nitrogen and oxygen atoms in total. The summed E-state index contributed by atoms with van der Waals surface area (Å²) in [7, 11) is 0. The highest BCUT2D eigenvalue weighted by molar-refractivity contribution is 7.17. The molecule has 2 N–H and O–H groups in total. The van der Waals surface area contributed by atoms with Crippen LogP contribution >= 0.6 is 22.7 Å². The van der Waals surface area contributed by atoms with Gasteiger partial charge in [-0.3, -0.25) is 10.2 Å². The summed E-state index contributed by atoms with van der Waals surface area (Å²) in [5.41, 5.74) is 2.99. The summed E-state index contributed by atoms with van der Waals surface area (Å²) < 4.78 is 5.82. The maximum atomic E-state index is 13.2. The van der Waals surface area contributed by atoms with Gasteiger partial charge in [-0.25, -0.2) is 19.6 Å². The third-order valence-corrected chi connectivity index (χ3v) is 7.69. The lowest BCUT2D eigenvalue weighted by atomic mass is 10.00. The van der Waals surface area contributed by atoms with E-state index in [0.717, 1.165) is 40.3 Å². The molecule has 0 atom stereocenters. The Labute approximate surface area is 221 Å². The third kappa shape index (κ3) is 5.02. The topological polar surface area (TPSA) is 105 Å². The van der Waals surface area contributed by atoms with Crippen LogP contribution in [0.3, 0.4) is 0 Å². The number of aromatic carboxylic acids is 1. The number of hydrogen-bond donors (Lipinski definition) is 2. The van der Waals surface area contributed by atoms with Crippen molar-refractivity contribution in [3.8, 4) is 21.4 Å². The quantitative estimate of drug-likeness (QED) is 0.266. The zero-order valence-corrected chi connectivity index (χ0v) is 21.3. The van der Waals surface area contributed by atoms with Crippen LogP contribution in [0.2, 0.25) is 0 Å². The van der Waals surface area contributed by atoms with Gasteiger partial charge < -0.3 is 9.84 Å². The maximum absolute atomic E-state index is 13.2. The second-order valence-electron chi connectivity index (χ2n) is 8.08. The molecule has 10 heteroatoms. The second-order valence-corrected chi connectivity index (χ2v) is 10.1. The first kappa shape index (κ1) is 24.4. The number of fused-ring (bicyclic) bond motifs is 1. The largest absolute Gasteiger partial charge is 0.476 e. The van der Waals surface area contributed by atoms with Crippen LogP contribution in [0.5, 0.6) is 10.8 Å². The van der Waals surface area contributed by atoms with Gasteiger partial charge in [0, 0.05) is 17.8 Å². The number of nitrogens with zero attached hydrogens (tertiary/aromatic N) is 3. The van der Waals surface area contributed by atoms with E-state index in [2.05, 4.69) is 28.4 Å². The number of carboxylic acid groups (broad SMARTS) is 1. The summed E-state index contributed by atoms with van der Waals surface area (Å²) in [4.78, 5) is 36.4. The van der Waals surface area contributed by atoms with Crippen LogP contribution in [0.15, 0.2) is 61.7 Å². The van der Waals surface area contributed by atoms with Gasteiger partial charge in [-0.15, -0.1) is 0 Å². The minimum atomic E-state index is -1.17. The van der Waals surface area contributed by atoms with Crippen molar-refractivity contribution < 1.29 is 19.4 Å². The van der Waals surface area contributed by atoms with Gasteiger partial charge in [0.25, 0.3) is 0 Å². The summed E-state index contributed by atoms with van der Waals surface area (Å²) in [6.45, 7) is 8.07. The molecule has 0 aliphatic carbocycles. The predicted octanol–water partition coefficient (Wildman–Crippen LogP) is 7.03. The highest BCUT2D eigenvalue weighted by atomic mass is 32.1. The molecule has 1 aliphatic rings. The molecule has 0 bridgehead atoms. The Kier molecular flexibility index (Phi) is 6.85. The van der Waals surface area contributed by atoms with E-state index in [4.69, 9.17) is 4.74 Å². The molecular formula is C27H22N4O4S2. The molecule has 2 aromatic carbocycles. The lowest BCUT2D eigenvalue weighted by molar-refractivity contribution is 0.0689. The van der Waals surface area contributed by atoms with E-state index in [1.54, 1.807) is 29.2 Å². The molecule has 4 aromatic rings. The highest BCUT2D eigenvalue weighted by Gasteiger charge is 2.26. The van der Waals surface area contributed by atoms with Crippen LogP contribution < -0.4 is 15.0 Å². The molecule has 186 valence electrons. The molecule has 0 saturated carbocycles. The number of para-hydroxylation sites is 1. The van der Waals surface area contributed by atoms with Gasteiger partial charge in [0.15, 0.2) is 5.13 Å². The molecule has 2 amide bonds. The standard InChI is InChI=1S/C27H22N4O4S2/c1-3-19-21(4-2)36-26(28-19)30-27(34)31-14-8-9-16-12-13-17(15-20(16)31)23-29-22(24(32)33)25(37-23)35-18-10-6-5-7-11-18/h3-7,10-13,15H,1-2,8-9,14H2,(H,32,33)(H,28,30,34). The zero-order valence-electron chi connectivity index (χ0n) is 19.6. The number of urea groups is 1. The molecule has 2 aromatic heterocycles. The maximum Gasteiger partial charge on any atom is 0.359 e. The normalized spacial score (nSPS) is 12.5. The van der Waals surface area contributed by atoms with Gasteiger partial charge in [0.1, 0.15) is 10.8 Å². The van der Waals surface area contributed by atoms with Crippen molar-refractivity contribution in [1.82, 2.24) is 9.97 Å². The first-order valence-corrected chi connectivity index (χ1v) is 13.0. The molecule has 3 heterocycles. The lowest BCUT2D eigenvalue weighted by Gasteiger charge is -2.29. The first-order valence-electron chi connectivity index (χ1n) is 11.4. The van der Waals surface area contributed by atoms with Crippen molar-refractivity contribution in [2.75, 3.05) is 16.8 Å². The third-order valence-electron chi connectivity index (χ3n) is 5.72. The Morgan fingerprint density at radius 2 is 1.89 bits per heavy atom. The number of nitrogens with one attached hydrogen (secondary N) is 1. The van der Waals surface area contributed by atoms with Crippen molar-refractivity contribution in [2.24, 2.45) is 0 Å². The van der Waals surface area contributed by atoms with E-state index < -0.39 is 5.97 Å². The number of carbonyl (C=O) groups is 2. The number of carbonyl (C=O) groups excluding carboxylic acids is 1. The predicted molar refractivity (Wildman–Crippen MR) is 148 cm³/mol. The average molecular weight is 531 g/mol. The number of aryl methyl sites for hydroxylation is 1. The van der Waals surface area contributed by atoms with Crippen molar-refractivity contribution in [3.05, 3.63) is 83.5 Å². The van der Waals surface area contributed by atoms with E-state index in [-0.39, 0.29) is 16.8 Å². The molecular weight excluding hydrogens is 508 g/mol. The number of benzene rings is 2. The van der Waals surface area contributed by atoms with Gasteiger partial charge in [-0.1, -0.05) is 66.2 Å².